The summed E-state index contributed by atoms with van der Waals surface area (Å²) in [5.74, 6) is 0. The van der Waals surface area contributed by atoms with Crippen molar-refractivity contribution in [2.45, 2.75) is 24.5 Å². The monoisotopic (exact) mass is 283 g/mol. The number of hydrogen-bond acceptors (Lipinski definition) is 6. The average molecular weight is 283 g/mol. The van der Waals surface area contributed by atoms with Crippen molar-refractivity contribution < 1.29 is 24.6 Å². The molecule has 1 fully saturated rings. The topological polar surface area (TPSA) is 124 Å². The predicted octanol–water partition coefficient (Wildman–Crippen LogP) is -2.84. The molecule has 20 heavy (non-hydrogen) atoms. The minimum atomic E-state index is -1.22. The lowest BCUT2D eigenvalue weighted by Gasteiger charge is -2.11. The lowest BCUT2D eigenvalue weighted by atomic mass is 10.1. The molecule has 9 nitrogen and oxygen atoms in total. The van der Waals surface area contributed by atoms with Crippen molar-refractivity contribution in [3.8, 4) is 0 Å². The Kier molecular flexibility index (Phi) is 3.05. The number of nitrogens with one attached hydrogen (secondary N) is 1. The smallest absolute Gasteiger partial charge is 0.311 e. The fourth-order valence-electron chi connectivity index (χ4n) is 2.49. The second-order valence-corrected chi connectivity index (χ2v) is 4.77. The fraction of sp³-hybridized carbons (Fsp3) is 0.545. The van der Waals surface area contributed by atoms with Gasteiger partial charge in [-0.05, 0) is 0 Å². The molecule has 0 aromatic carbocycles. The maximum absolute atomic E-state index is 11.8. The maximum atomic E-state index is 11.8. The van der Waals surface area contributed by atoms with Gasteiger partial charge in [-0.25, -0.2) is 4.57 Å². The summed E-state index contributed by atoms with van der Waals surface area (Å²) in [4.78, 5) is 18.3. The van der Waals surface area contributed by atoms with Crippen LogP contribution in [0.4, 0.5) is 0 Å². The number of nitrogens with zero attached hydrogens (tertiary/aromatic N) is 3. The highest BCUT2D eigenvalue weighted by molar-refractivity contribution is 5.65. The van der Waals surface area contributed by atoms with Crippen molar-refractivity contribution in [1.82, 2.24) is 14.5 Å². The minimum absolute atomic E-state index is 0.317. The van der Waals surface area contributed by atoms with Gasteiger partial charge < -0.3 is 20.1 Å². The van der Waals surface area contributed by atoms with Gasteiger partial charge in [-0.15, -0.1) is 0 Å². The molecule has 0 bridgehead atoms. The number of aliphatic hydroxyl groups is 3. The number of imidazole rings is 1. The molecule has 0 spiro atoms. The van der Waals surface area contributed by atoms with Gasteiger partial charge in [0.2, 0.25) is 11.7 Å². The van der Waals surface area contributed by atoms with Crippen LogP contribution in [-0.4, -0.2) is 54.8 Å². The number of fused-ring (bicyclic) bond motifs is 1. The Hall–Kier alpha value is -1.81. The molecule has 4 N–H and O–H groups in total. The first-order valence-electron chi connectivity index (χ1n) is 6.11. The van der Waals surface area contributed by atoms with Crippen LogP contribution in [0.25, 0.3) is 11.2 Å². The molecular formula is C11H15N4O5+. The van der Waals surface area contributed by atoms with Crippen molar-refractivity contribution in [3.63, 3.8) is 0 Å². The summed E-state index contributed by atoms with van der Waals surface area (Å²) in [6, 6.07) is 0. The molecule has 0 aliphatic carbocycles. The van der Waals surface area contributed by atoms with E-state index in [4.69, 9.17) is 9.84 Å². The SMILES string of the molecule is Cn1c[n+]([C@@H]2O[C@H](CO)[C@@H](O)[C@H]2O)c2nc[nH]c(=O)c21. The molecule has 3 rings (SSSR count). The van der Waals surface area contributed by atoms with Gasteiger partial charge in [0.25, 0.3) is 5.56 Å². The zero-order valence-electron chi connectivity index (χ0n) is 10.7. The molecule has 108 valence electrons. The number of H-pyrrole nitrogens is 1. The number of aliphatic hydroxyl groups excluding tert-OH is 3. The second-order valence-electron chi connectivity index (χ2n) is 4.77. The Labute approximate surface area is 112 Å². The van der Waals surface area contributed by atoms with Crippen LogP contribution in [0.5, 0.6) is 0 Å². The largest absolute Gasteiger partial charge is 0.394 e. The number of aromatic amines is 1. The molecule has 1 aliphatic rings. The van der Waals surface area contributed by atoms with Crippen LogP contribution in [0.15, 0.2) is 17.4 Å². The van der Waals surface area contributed by atoms with Crippen LogP contribution in [-0.2, 0) is 11.8 Å². The van der Waals surface area contributed by atoms with E-state index in [-0.39, 0.29) is 5.56 Å². The third-order valence-electron chi connectivity index (χ3n) is 3.50. The first kappa shape index (κ1) is 13.2. The van der Waals surface area contributed by atoms with Gasteiger partial charge in [0.15, 0.2) is 12.7 Å². The standard InChI is InChI=1S/C11H14N4O5/c1-14-4-15(9-6(14)10(19)13-3-12-9)11-8(18)7(17)5(2-16)20-11/h3-5,7-8,11,16-18H,2H2,1H3/p+1/t5-,7-,8-,11-/m1/s1. The Morgan fingerprint density at radius 1 is 1.50 bits per heavy atom. The number of aryl methyl sites for hydroxylation is 1. The zero-order chi connectivity index (χ0) is 14.4. The predicted molar refractivity (Wildman–Crippen MR) is 64.5 cm³/mol. The molecule has 3 heterocycles. The van der Waals surface area contributed by atoms with Gasteiger partial charge in [0.05, 0.1) is 13.7 Å². The van der Waals surface area contributed by atoms with Crippen molar-refractivity contribution >= 4 is 11.2 Å². The Bertz CT molecular complexity index is 696. The lowest BCUT2D eigenvalue weighted by Crippen LogP contribution is -2.46. The van der Waals surface area contributed by atoms with E-state index in [2.05, 4.69) is 9.97 Å². The molecule has 1 saturated heterocycles. The third-order valence-corrected chi connectivity index (χ3v) is 3.50. The van der Waals surface area contributed by atoms with E-state index in [0.717, 1.165) is 0 Å². The molecule has 4 atom stereocenters. The third kappa shape index (κ3) is 1.75. The Morgan fingerprint density at radius 3 is 2.90 bits per heavy atom. The fourth-order valence-corrected chi connectivity index (χ4v) is 2.49. The molecule has 1 aliphatic heterocycles. The molecule has 2 aromatic heterocycles. The molecular weight excluding hydrogens is 268 g/mol. The van der Waals surface area contributed by atoms with E-state index in [1.165, 1.54) is 10.9 Å². The number of hydrogen-bond donors (Lipinski definition) is 4. The van der Waals surface area contributed by atoms with E-state index in [9.17, 15) is 15.0 Å². The highest BCUT2D eigenvalue weighted by atomic mass is 16.6. The normalized spacial score (nSPS) is 30.2. The maximum Gasteiger partial charge on any atom is 0.311 e. The number of aromatic nitrogens is 4. The summed E-state index contributed by atoms with van der Waals surface area (Å²) in [5, 5.41) is 28.9. The summed E-state index contributed by atoms with van der Waals surface area (Å²) in [6.07, 6.45) is -1.41. The van der Waals surface area contributed by atoms with E-state index in [0.29, 0.717) is 11.2 Å². The van der Waals surface area contributed by atoms with Crippen LogP contribution in [0, 0.1) is 0 Å². The summed E-state index contributed by atoms with van der Waals surface area (Å²) in [6.45, 7) is -0.409. The van der Waals surface area contributed by atoms with Crippen LogP contribution in [0.2, 0.25) is 0 Å². The summed E-state index contributed by atoms with van der Waals surface area (Å²) in [5.41, 5.74) is 0.333. The molecule has 0 amide bonds. The second kappa shape index (κ2) is 4.63. The van der Waals surface area contributed by atoms with Gasteiger partial charge in [0.1, 0.15) is 18.3 Å². The van der Waals surface area contributed by atoms with Crippen LogP contribution in [0.3, 0.4) is 0 Å². The molecule has 0 radical (unpaired) electrons. The minimum Gasteiger partial charge on any atom is -0.394 e. The van der Waals surface area contributed by atoms with Crippen molar-refractivity contribution in [2.24, 2.45) is 7.05 Å². The van der Waals surface area contributed by atoms with Gasteiger partial charge >= 0.3 is 5.65 Å². The van der Waals surface area contributed by atoms with Gasteiger partial charge in [0, 0.05) is 0 Å². The van der Waals surface area contributed by atoms with Gasteiger partial charge in [-0.3, -0.25) is 14.3 Å². The van der Waals surface area contributed by atoms with Crippen LogP contribution < -0.4 is 10.1 Å². The lowest BCUT2D eigenvalue weighted by molar-refractivity contribution is -0.745. The molecule has 9 heteroatoms. The van der Waals surface area contributed by atoms with E-state index in [1.807, 2.05) is 0 Å². The molecule has 0 unspecified atom stereocenters. The summed E-state index contributed by atoms with van der Waals surface area (Å²) < 4.78 is 8.45. The average Bonchev–Trinajstić information content (AvgIpc) is 2.90. The van der Waals surface area contributed by atoms with Crippen molar-refractivity contribution in [1.29, 1.82) is 0 Å². The van der Waals surface area contributed by atoms with Crippen LogP contribution in [0.1, 0.15) is 6.23 Å². The molecule has 2 aromatic rings. The van der Waals surface area contributed by atoms with E-state index in [1.54, 1.807) is 17.9 Å². The first-order valence-corrected chi connectivity index (χ1v) is 6.11. The number of rotatable bonds is 2. The van der Waals surface area contributed by atoms with E-state index >= 15 is 0 Å². The highest BCUT2D eigenvalue weighted by Gasteiger charge is 2.46. The summed E-state index contributed by atoms with van der Waals surface area (Å²) >= 11 is 0. The summed E-state index contributed by atoms with van der Waals surface area (Å²) in [7, 11) is 1.66. The number of ether oxygens (including phenoxy) is 1. The Balaban J connectivity index is 2.12. The van der Waals surface area contributed by atoms with Gasteiger partial charge in [-0.1, -0.05) is 4.98 Å². The van der Waals surface area contributed by atoms with Crippen molar-refractivity contribution in [2.75, 3.05) is 6.61 Å². The van der Waals surface area contributed by atoms with Gasteiger partial charge in [-0.2, -0.15) is 0 Å². The van der Waals surface area contributed by atoms with Crippen LogP contribution >= 0.6 is 0 Å². The first-order chi connectivity index (χ1) is 9.54. The zero-order valence-corrected chi connectivity index (χ0v) is 10.7. The van der Waals surface area contributed by atoms with E-state index < -0.39 is 31.1 Å². The highest BCUT2D eigenvalue weighted by Crippen LogP contribution is 2.26. The Morgan fingerprint density at radius 2 is 2.25 bits per heavy atom. The quantitative estimate of drug-likeness (QED) is 0.440. The van der Waals surface area contributed by atoms with Crippen molar-refractivity contribution in [3.05, 3.63) is 23.0 Å². The molecule has 0 saturated carbocycles.